The highest BCUT2D eigenvalue weighted by atomic mass is 16.7. The Hall–Kier alpha value is -1.65. The molecule has 2 rings (SSSR count). The number of esters is 1. The average molecular weight is 290 g/mol. The number of rotatable bonds is 7. The van der Waals surface area contributed by atoms with Crippen LogP contribution in [0.3, 0.4) is 0 Å². The molecule has 0 N–H and O–H groups in total. The summed E-state index contributed by atoms with van der Waals surface area (Å²) in [4.78, 5) is 11.9. The monoisotopic (exact) mass is 290 g/mol. The molecule has 0 spiro atoms. The van der Waals surface area contributed by atoms with Crippen LogP contribution in [0.5, 0.6) is 0 Å². The average Bonchev–Trinajstić information content (AvgIpc) is 3.03. The van der Waals surface area contributed by atoms with Gasteiger partial charge in [0.25, 0.3) is 0 Å². The molecule has 1 aliphatic heterocycles. The first-order valence-electron chi connectivity index (χ1n) is 7.34. The summed E-state index contributed by atoms with van der Waals surface area (Å²) < 4.78 is 16.0. The number of allylic oxidation sites excluding steroid dienone is 1. The van der Waals surface area contributed by atoms with Gasteiger partial charge in [-0.15, -0.1) is 0 Å². The highest BCUT2D eigenvalue weighted by Gasteiger charge is 2.15. The number of carbonyl (C=O) groups is 1. The van der Waals surface area contributed by atoms with E-state index in [-0.39, 0.29) is 18.2 Å². The van der Waals surface area contributed by atoms with Crippen LogP contribution in [0.4, 0.5) is 0 Å². The van der Waals surface area contributed by atoms with Gasteiger partial charge in [0.05, 0.1) is 19.1 Å². The topological polar surface area (TPSA) is 44.8 Å². The van der Waals surface area contributed by atoms with Crippen LogP contribution in [-0.4, -0.2) is 25.5 Å². The third kappa shape index (κ3) is 5.69. The van der Waals surface area contributed by atoms with E-state index in [1.807, 2.05) is 49.4 Å². The molecule has 4 nitrogen and oxygen atoms in total. The molecule has 0 aromatic heterocycles. The van der Waals surface area contributed by atoms with Crippen LogP contribution in [0.25, 0.3) is 0 Å². The van der Waals surface area contributed by atoms with E-state index in [0.717, 1.165) is 12.0 Å². The summed E-state index contributed by atoms with van der Waals surface area (Å²) in [5.41, 5.74) is 1.00. The van der Waals surface area contributed by atoms with Crippen molar-refractivity contribution in [2.75, 3.05) is 13.2 Å². The van der Waals surface area contributed by atoms with Crippen molar-refractivity contribution in [2.45, 2.75) is 32.7 Å². The highest BCUT2D eigenvalue weighted by molar-refractivity contribution is 5.72. The first-order chi connectivity index (χ1) is 10.3. The second-order valence-corrected chi connectivity index (χ2v) is 5.11. The lowest BCUT2D eigenvalue weighted by Gasteiger charge is -2.10. The minimum Gasteiger partial charge on any atom is -0.461 e. The van der Waals surface area contributed by atoms with Gasteiger partial charge in [0.2, 0.25) is 0 Å². The molecule has 21 heavy (non-hydrogen) atoms. The van der Waals surface area contributed by atoms with Crippen molar-refractivity contribution in [1.29, 1.82) is 0 Å². The molecule has 1 fully saturated rings. The van der Waals surface area contributed by atoms with Crippen molar-refractivity contribution >= 4 is 5.97 Å². The first-order valence-corrected chi connectivity index (χ1v) is 7.34. The molecule has 0 saturated carbocycles. The molecule has 0 amide bonds. The smallest absolute Gasteiger partial charge is 0.309 e. The summed E-state index contributed by atoms with van der Waals surface area (Å²) in [5.74, 6) is -0.313. The summed E-state index contributed by atoms with van der Waals surface area (Å²) in [5, 5.41) is 0. The van der Waals surface area contributed by atoms with E-state index in [0.29, 0.717) is 26.2 Å². The van der Waals surface area contributed by atoms with E-state index in [1.54, 1.807) is 0 Å². The summed E-state index contributed by atoms with van der Waals surface area (Å²) in [7, 11) is 0. The first kappa shape index (κ1) is 15.7. The van der Waals surface area contributed by atoms with Crippen molar-refractivity contribution < 1.29 is 19.0 Å². The number of carbonyl (C=O) groups excluding carboxylic acids is 1. The maximum absolute atomic E-state index is 11.9. The van der Waals surface area contributed by atoms with Crippen LogP contribution in [0, 0.1) is 5.92 Å². The number of benzene rings is 1. The van der Waals surface area contributed by atoms with E-state index in [9.17, 15) is 4.79 Å². The molecule has 1 aromatic carbocycles. The van der Waals surface area contributed by atoms with E-state index in [2.05, 4.69) is 0 Å². The second kappa shape index (κ2) is 8.60. The van der Waals surface area contributed by atoms with E-state index in [1.165, 1.54) is 0 Å². The standard InChI is InChI=1S/C17H22O4/c1-14(7-5-6-10-16-19-11-12-20-16)17(18)21-13-15-8-3-2-4-9-15/h2-6,8-9,14,16H,7,10-13H2,1H3/b6-5+/t14-/m0/s1. The molecule has 1 aliphatic rings. The molecule has 114 valence electrons. The maximum atomic E-state index is 11.9. The van der Waals surface area contributed by atoms with Gasteiger partial charge >= 0.3 is 5.97 Å². The molecule has 0 unspecified atom stereocenters. The molecule has 0 aliphatic carbocycles. The van der Waals surface area contributed by atoms with E-state index in [4.69, 9.17) is 14.2 Å². The molecule has 1 atom stereocenters. The summed E-state index contributed by atoms with van der Waals surface area (Å²) in [6, 6.07) is 9.69. The van der Waals surface area contributed by atoms with Crippen LogP contribution in [-0.2, 0) is 25.6 Å². The van der Waals surface area contributed by atoms with Gasteiger partial charge in [-0.3, -0.25) is 4.79 Å². The fourth-order valence-electron chi connectivity index (χ4n) is 2.02. The van der Waals surface area contributed by atoms with Crippen molar-refractivity contribution in [3.63, 3.8) is 0 Å². The lowest BCUT2D eigenvalue weighted by atomic mass is 10.1. The molecule has 0 bridgehead atoms. The fraction of sp³-hybridized carbons (Fsp3) is 0.471. The Bertz CT molecular complexity index is 449. The number of hydrogen-bond acceptors (Lipinski definition) is 4. The summed E-state index contributed by atoms with van der Waals surface area (Å²) in [6.07, 6.45) is 5.25. The van der Waals surface area contributed by atoms with Crippen molar-refractivity contribution in [2.24, 2.45) is 5.92 Å². The summed E-state index contributed by atoms with van der Waals surface area (Å²) in [6.45, 7) is 3.54. The Morgan fingerprint density at radius 1 is 1.29 bits per heavy atom. The lowest BCUT2D eigenvalue weighted by molar-refractivity contribution is -0.149. The van der Waals surface area contributed by atoms with Gasteiger partial charge in [0.15, 0.2) is 6.29 Å². The van der Waals surface area contributed by atoms with Crippen LogP contribution < -0.4 is 0 Å². The van der Waals surface area contributed by atoms with Gasteiger partial charge in [-0.25, -0.2) is 0 Å². The predicted octanol–water partition coefficient (Wildman–Crippen LogP) is 3.08. The van der Waals surface area contributed by atoms with Gasteiger partial charge in [-0.05, 0) is 12.0 Å². The highest BCUT2D eigenvalue weighted by Crippen LogP contribution is 2.11. The Morgan fingerprint density at radius 3 is 2.71 bits per heavy atom. The molecular formula is C17H22O4. The predicted molar refractivity (Wildman–Crippen MR) is 79.5 cm³/mol. The molecule has 1 saturated heterocycles. The zero-order valence-electron chi connectivity index (χ0n) is 12.4. The van der Waals surface area contributed by atoms with Gasteiger partial charge in [0.1, 0.15) is 6.61 Å². The minimum atomic E-state index is -0.170. The molecule has 1 heterocycles. The quantitative estimate of drug-likeness (QED) is 0.572. The zero-order valence-corrected chi connectivity index (χ0v) is 12.4. The van der Waals surface area contributed by atoms with Crippen LogP contribution in [0.1, 0.15) is 25.3 Å². The normalized spacial score (nSPS) is 17.2. The Morgan fingerprint density at radius 2 is 2.00 bits per heavy atom. The summed E-state index contributed by atoms with van der Waals surface area (Å²) >= 11 is 0. The maximum Gasteiger partial charge on any atom is 0.309 e. The third-order valence-corrected chi connectivity index (χ3v) is 3.30. The fourth-order valence-corrected chi connectivity index (χ4v) is 2.02. The molecular weight excluding hydrogens is 268 g/mol. The van der Waals surface area contributed by atoms with Crippen LogP contribution in [0.2, 0.25) is 0 Å². The molecule has 1 aromatic rings. The van der Waals surface area contributed by atoms with Gasteiger partial charge in [-0.1, -0.05) is 49.4 Å². The SMILES string of the molecule is C[C@@H](C/C=C/CC1OCCO1)C(=O)OCc1ccccc1. The van der Waals surface area contributed by atoms with E-state index < -0.39 is 0 Å². The molecule has 4 heteroatoms. The van der Waals surface area contributed by atoms with Gasteiger partial charge in [0, 0.05) is 6.42 Å². The van der Waals surface area contributed by atoms with Crippen LogP contribution in [0.15, 0.2) is 42.5 Å². The third-order valence-electron chi connectivity index (χ3n) is 3.30. The van der Waals surface area contributed by atoms with Crippen molar-refractivity contribution in [3.05, 3.63) is 48.0 Å². The zero-order chi connectivity index (χ0) is 14.9. The molecule has 0 radical (unpaired) electrons. The Labute approximate surface area is 125 Å². The minimum absolute atomic E-state index is 0.124. The Balaban J connectivity index is 1.63. The van der Waals surface area contributed by atoms with Crippen LogP contribution >= 0.6 is 0 Å². The largest absolute Gasteiger partial charge is 0.461 e. The van der Waals surface area contributed by atoms with Crippen molar-refractivity contribution in [3.8, 4) is 0 Å². The number of hydrogen-bond donors (Lipinski definition) is 0. The van der Waals surface area contributed by atoms with E-state index >= 15 is 0 Å². The second-order valence-electron chi connectivity index (χ2n) is 5.11. The number of ether oxygens (including phenoxy) is 3. The van der Waals surface area contributed by atoms with Gasteiger partial charge in [-0.2, -0.15) is 0 Å². The Kier molecular flexibility index (Phi) is 6.44. The van der Waals surface area contributed by atoms with Gasteiger partial charge < -0.3 is 14.2 Å². The van der Waals surface area contributed by atoms with Crippen molar-refractivity contribution in [1.82, 2.24) is 0 Å². The lowest BCUT2D eigenvalue weighted by Crippen LogP contribution is -2.14.